The molecule has 0 aliphatic rings. The monoisotopic (exact) mass is 598 g/mol. The molecular weight excluding hydrogens is 581 g/mol. The molecule has 2 unspecified atom stereocenters. The second kappa shape index (κ2) is 12.5. The Balaban J connectivity index is 1.93. The van der Waals surface area contributed by atoms with Crippen LogP contribution in [0.1, 0.15) is 43.9 Å². The number of hydrogen-bond acceptors (Lipinski definition) is 1. The number of benzene rings is 4. The van der Waals surface area contributed by atoms with Crippen LogP contribution in [0.5, 0.6) is 0 Å². The first-order valence-electron chi connectivity index (χ1n) is 10.8. The predicted molar refractivity (Wildman–Crippen MR) is 156 cm³/mol. The first-order chi connectivity index (χ1) is 16.9. The second-order valence-corrected chi connectivity index (χ2v) is 11.3. The SMILES string of the molecule is ClCc1ccccc1C(SC(c1ccc(Cl)cc1Cl)c1ccccc1CCl)c1ccc(Cl)cc1Cl. The van der Waals surface area contributed by atoms with Gasteiger partial charge in [-0.25, -0.2) is 0 Å². The highest BCUT2D eigenvalue weighted by Gasteiger charge is 2.29. The van der Waals surface area contributed by atoms with Crippen molar-refractivity contribution in [2.45, 2.75) is 22.3 Å². The fourth-order valence-electron chi connectivity index (χ4n) is 4.02. The maximum absolute atomic E-state index is 6.76. The first kappa shape index (κ1) is 27.0. The van der Waals surface area contributed by atoms with Crippen LogP contribution in [-0.4, -0.2) is 0 Å². The Hall–Kier alpha value is -1.03. The third-order valence-corrected chi connectivity index (χ3v) is 8.99. The van der Waals surface area contributed by atoms with Crippen molar-refractivity contribution in [1.29, 1.82) is 0 Å². The number of halogens is 6. The minimum atomic E-state index is -0.158. The molecule has 4 rings (SSSR count). The Morgan fingerprint density at radius 2 is 0.914 bits per heavy atom. The van der Waals surface area contributed by atoms with Crippen LogP contribution in [0.15, 0.2) is 84.9 Å². The molecule has 4 aromatic rings. The zero-order valence-corrected chi connectivity index (χ0v) is 23.7. The molecule has 0 fully saturated rings. The quantitative estimate of drug-likeness (QED) is 0.181. The van der Waals surface area contributed by atoms with Gasteiger partial charge in [-0.2, -0.15) is 0 Å². The van der Waals surface area contributed by atoms with Crippen LogP contribution in [0, 0.1) is 0 Å². The van der Waals surface area contributed by atoms with E-state index in [4.69, 9.17) is 69.6 Å². The molecule has 4 aromatic carbocycles. The average Bonchev–Trinajstić information content (AvgIpc) is 2.86. The molecule has 0 heterocycles. The van der Waals surface area contributed by atoms with Crippen LogP contribution in [0.4, 0.5) is 0 Å². The van der Waals surface area contributed by atoms with Crippen LogP contribution >= 0.6 is 81.4 Å². The number of hydrogen-bond donors (Lipinski definition) is 0. The van der Waals surface area contributed by atoms with Crippen molar-refractivity contribution in [2.24, 2.45) is 0 Å². The summed E-state index contributed by atoms with van der Waals surface area (Å²) in [7, 11) is 0. The number of alkyl halides is 2. The Morgan fingerprint density at radius 3 is 1.29 bits per heavy atom. The van der Waals surface area contributed by atoms with Gasteiger partial charge in [0.15, 0.2) is 0 Å². The standard InChI is InChI=1S/C28H20Cl6S/c29-15-17-5-1-3-7-21(17)27(23-11-9-19(31)13-25(23)33)35-28(22-8-4-2-6-18(22)16-30)24-12-10-20(32)14-26(24)34/h1-14,27-28H,15-16H2. The molecule has 0 nitrogen and oxygen atoms in total. The van der Waals surface area contributed by atoms with Gasteiger partial charge in [0.05, 0.1) is 10.5 Å². The lowest BCUT2D eigenvalue weighted by Crippen LogP contribution is -2.08. The summed E-state index contributed by atoms with van der Waals surface area (Å²) in [6.45, 7) is 0. The lowest BCUT2D eigenvalue weighted by molar-refractivity contribution is 1.06. The highest BCUT2D eigenvalue weighted by atomic mass is 35.5. The van der Waals surface area contributed by atoms with Crippen molar-refractivity contribution in [3.05, 3.63) is 138 Å². The summed E-state index contributed by atoms with van der Waals surface area (Å²) in [6, 6.07) is 27.5. The Kier molecular flexibility index (Phi) is 9.63. The molecule has 0 saturated heterocycles. The van der Waals surface area contributed by atoms with E-state index in [0.29, 0.717) is 31.9 Å². The van der Waals surface area contributed by atoms with E-state index in [9.17, 15) is 0 Å². The molecule has 35 heavy (non-hydrogen) atoms. The summed E-state index contributed by atoms with van der Waals surface area (Å²) < 4.78 is 0. The number of rotatable bonds is 8. The van der Waals surface area contributed by atoms with Crippen molar-refractivity contribution < 1.29 is 0 Å². The van der Waals surface area contributed by atoms with Crippen LogP contribution in [0.3, 0.4) is 0 Å². The Labute approximate surface area is 240 Å². The van der Waals surface area contributed by atoms with Crippen molar-refractivity contribution in [2.75, 3.05) is 0 Å². The van der Waals surface area contributed by atoms with E-state index in [0.717, 1.165) is 33.4 Å². The van der Waals surface area contributed by atoms with E-state index in [2.05, 4.69) is 12.1 Å². The maximum Gasteiger partial charge on any atom is 0.0573 e. The fourth-order valence-corrected chi connectivity index (χ4v) is 7.40. The van der Waals surface area contributed by atoms with Gasteiger partial charge < -0.3 is 0 Å². The van der Waals surface area contributed by atoms with E-state index in [1.165, 1.54) is 0 Å². The maximum atomic E-state index is 6.76. The van der Waals surface area contributed by atoms with Crippen LogP contribution in [0.2, 0.25) is 20.1 Å². The third kappa shape index (κ3) is 6.28. The van der Waals surface area contributed by atoms with Crippen LogP contribution in [-0.2, 0) is 11.8 Å². The van der Waals surface area contributed by atoms with Crippen LogP contribution in [0.25, 0.3) is 0 Å². The average molecular weight is 601 g/mol. The summed E-state index contributed by atoms with van der Waals surface area (Å²) in [4.78, 5) is 0. The lowest BCUT2D eigenvalue weighted by Gasteiger charge is -2.28. The van der Waals surface area contributed by atoms with Gasteiger partial charge in [0.25, 0.3) is 0 Å². The topological polar surface area (TPSA) is 0 Å². The van der Waals surface area contributed by atoms with E-state index < -0.39 is 0 Å². The Bertz CT molecular complexity index is 1220. The highest BCUT2D eigenvalue weighted by molar-refractivity contribution is 8.00. The Morgan fingerprint density at radius 1 is 0.514 bits per heavy atom. The summed E-state index contributed by atoms with van der Waals surface area (Å²) in [5, 5.41) is 2.03. The van der Waals surface area contributed by atoms with E-state index in [1.54, 1.807) is 23.9 Å². The van der Waals surface area contributed by atoms with Crippen molar-refractivity contribution in [3.8, 4) is 0 Å². The lowest BCUT2D eigenvalue weighted by atomic mass is 9.99. The van der Waals surface area contributed by atoms with E-state index in [-0.39, 0.29) is 10.5 Å². The molecule has 7 heteroatoms. The third-order valence-electron chi connectivity index (χ3n) is 5.73. The number of thioether (sulfide) groups is 1. The molecule has 0 spiro atoms. The molecule has 0 amide bonds. The fraction of sp³-hybridized carbons (Fsp3) is 0.143. The zero-order chi connectivity index (χ0) is 24.9. The molecule has 0 radical (unpaired) electrons. The molecule has 0 saturated carbocycles. The van der Waals surface area contributed by atoms with Gasteiger partial charge in [-0.3, -0.25) is 0 Å². The molecule has 0 aromatic heterocycles. The largest absolute Gasteiger partial charge is 0.136 e. The summed E-state index contributed by atoms with van der Waals surface area (Å²) in [5.74, 6) is 0.756. The van der Waals surface area contributed by atoms with Crippen molar-refractivity contribution in [1.82, 2.24) is 0 Å². The van der Waals surface area contributed by atoms with Crippen LogP contribution < -0.4 is 0 Å². The smallest absolute Gasteiger partial charge is 0.0573 e. The minimum Gasteiger partial charge on any atom is -0.136 e. The van der Waals surface area contributed by atoms with Gasteiger partial charge in [0, 0.05) is 31.9 Å². The van der Waals surface area contributed by atoms with Crippen molar-refractivity contribution in [3.63, 3.8) is 0 Å². The molecule has 180 valence electrons. The van der Waals surface area contributed by atoms with Gasteiger partial charge >= 0.3 is 0 Å². The van der Waals surface area contributed by atoms with Gasteiger partial charge in [-0.05, 0) is 57.6 Å². The predicted octanol–water partition coefficient (Wildman–Crippen LogP) is 11.4. The molecule has 0 aliphatic carbocycles. The molecule has 0 aliphatic heterocycles. The van der Waals surface area contributed by atoms with Gasteiger partial charge in [-0.15, -0.1) is 35.0 Å². The normalized spacial score (nSPS) is 13.0. The minimum absolute atomic E-state index is 0.158. The molecule has 0 bridgehead atoms. The summed E-state index contributed by atoms with van der Waals surface area (Å²) in [5.41, 5.74) is 6.10. The van der Waals surface area contributed by atoms with Crippen molar-refractivity contribution >= 4 is 81.4 Å². The zero-order valence-electron chi connectivity index (χ0n) is 18.3. The molecular formula is C28H20Cl6S. The highest BCUT2D eigenvalue weighted by Crippen LogP contribution is 2.52. The summed E-state index contributed by atoms with van der Waals surface area (Å²) in [6.07, 6.45) is 0. The molecule has 2 atom stereocenters. The van der Waals surface area contributed by atoms with E-state index in [1.807, 2.05) is 60.7 Å². The van der Waals surface area contributed by atoms with E-state index >= 15 is 0 Å². The summed E-state index contributed by atoms with van der Waals surface area (Å²) >= 11 is 40.5. The van der Waals surface area contributed by atoms with Gasteiger partial charge in [0.1, 0.15) is 0 Å². The van der Waals surface area contributed by atoms with Gasteiger partial charge in [0.2, 0.25) is 0 Å². The second-order valence-electron chi connectivity index (χ2n) is 7.89. The molecule has 0 N–H and O–H groups in total. The first-order valence-corrected chi connectivity index (χ1v) is 14.3. The van der Waals surface area contributed by atoms with Gasteiger partial charge in [-0.1, -0.05) is 107 Å².